The Labute approximate surface area is 126 Å². The van der Waals surface area contributed by atoms with Crippen molar-refractivity contribution < 1.29 is 0 Å². The molecule has 1 N–H and O–H groups in total. The molecule has 5 heteroatoms. The van der Waals surface area contributed by atoms with Gasteiger partial charge in [-0.3, -0.25) is 9.67 Å². The minimum absolute atomic E-state index is 0.151. The fraction of sp³-hybridized carbons (Fsp3) is 0.200. The van der Waals surface area contributed by atoms with Gasteiger partial charge in [-0.15, -0.1) is 11.3 Å². The molecule has 0 aliphatic rings. The van der Waals surface area contributed by atoms with Gasteiger partial charge in [-0.1, -0.05) is 30.3 Å². The van der Waals surface area contributed by atoms with Crippen LogP contribution in [0, 0.1) is 11.7 Å². The topological polar surface area (TPSA) is 33.6 Å². The second-order valence-corrected chi connectivity index (χ2v) is 6.26. The third-order valence-electron chi connectivity index (χ3n) is 3.36. The van der Waals surface area contributed by atoms with Gasteiger partial charge in [-0.05, 0) is 37.7 Å². The number of benzene rings is 1. The third kappa shape index (κ3) is 2.34. The molecule has 0 fully saturated rings. The Balaban J connectivity index is 2.10. The van der Waals surface area contributed by atoms with E-state index >= 15 is 0 Å². The zero-order valence-corrected chi connectivity index (χ0v) is 13.0. The van der Waals surface area contributed by atoms with Gasteiger partial charge >= 0.3 is 0 Å². The van der Waals surface area contributed by atoms with Crippen molar-refractivity contribution in [1.82, 2.24) is 14.8 Å². The molecule has 102 valence electrons. The molecule has 0 aliphatic carbocycles. The smallest absolute Gasteiger partial charge is 0.196 e. The fourth-order valence-electron chi connectivity index (χ4n) is 2.31. The number of hydrogen-bond acceptors (Lipinski definition) is 3. The number of hydrogen-bond donors (Lipinski definition) is 1. The first-order valence-corrected chi connectivity index (χ1v) is 7.73. The van der Waals surface area contributed by atoms with Crippen LogP contribution >= 0.6 is 23.6 Å². The summed E-state index contributed by atoms with van der Waals surface area (Å²) in [7, 11) is 0. The Hall–Kier alpha value is -1.72. The van der Waals surface area contributed by atoms with Gasteiger partial charge < -0.3 is 0 Å². The molecule has 0 saturated heterocycles. The number of nitrogens with one attached hydrogen (secondary N) is 1. The van der Waals surface area contributed by atoms with E-state index in [-0.39, 0.29) is 6.04 Å². The summed E-state index contributed by atoms with van der Waals surface area (Å²) in [6.45, 7) is 4.24. The van der Waals surface area contributed by atoms with Crippen molar-refractivity contribution in [3.05, 3.63) is 57.0 Å². The average Bonchev–Trinajstić information content (AvgIpc) is 3.05. The second kappa shape index (κ2) is 5.34. The van der Waals surface area contributed by atoms with E-state index in [4.69, 9.17) is 12.2 Å². The summed E-state index contributed by atoms with van der Waals surface area (Å²) in [4.78, 5) is 1.27. The van der Waals surface area contributed by atoms with Crippen molar-refractivity contribution in [3.8, 4) is 11.4 Å². The number of H-pyrrole nitrogens is 1. The first-order valence-electron chi connectivity index (χ1n) is 6.44. The van der Waals surface area contributed by atoms with Gasteiger partial charge in [0.1, 0.15) is 0 Å². The highest BCUT2D eigenvalue weighted by Crippen LogP contribution is 2.28. The number of aromatic nitrogens is 3. The Morgan fingerprint density at radius 2 is 2.05 bits per heavy atom. The van der Waals surface area contributed by atoms with Gasteiger partial charge in [0.15, 0.2) is 10.6 Å². The average molecular weight is 301 g/mol. The van der Waals surface area contributed by atoms with Crippen molar-refractivity contribution in [2.45, 2.75) is 19.9 Å². The highest BCUT2D eigenvalue weighted by Gasteiger charge is 2.16. The SMILES string of the molecule is Cc1cc(-c2n[nH]c(=S)n2[C@@H](C)c2ccccc2)cs1. The van der Waals surface area contributed by atoms with Crippen LogP contribution in [-0.4, -0.2) is 14.8 Å². The van der Waals surface area contributed by atoms with Crippen LogP contribution in [-0.2, 0) is 0 Å². The van der Waals surface area contributed by atoms with Crippen LogP contribution < -0.4 is 0 Å². The van der Waals surface area contributed by atoms with Gasteiger partial charge in [0.2, 0.25) is 0 Å². The molecule has 0 bridgehead atoms. The highest BCUT2D eigenvalue weighted by atomic mass is 32.1. The first kappa shape index (κ1) is 13.3. The molecule has 0 saturated carbocycles. The maximum atomic E-state index is 5.40. The fourth-order valence-corrected chi connectivity index (χ4v) is 3.28. The summed E-state index contributed by atoms with van der Waals surface area (Å²) >= 11 is 7.13. The molecule has 1 atom stereocenters. The quantitative estimate of drug-likeness (QED) is 0.718. The van der Waals surface area contributed by atoms with E-state index in [0.717, 1.165) is 11.4 Å². The number of thiophene rings is 1. The summed E-state index contributed by atoms with van der Waals surface area (Å²) in [5, 5.41) is 9.43. The maximum absolute atomic E-state index is 5.40. The number of nitrogens with zero attached hydrogens (tertiary/aromatic N) is 2. The Kier molecular flexibility index (Phi) is 3.54. The molecule has 0 aliphatic heterocycles. The normalized spacial score (nSPS) is 12.5. The van der Waals surface area contributed by atoms with Crippen molar-refractivity contribution in [2.75, 3.05) is 0 Å². The molecule has 3 rings (SSSR count). The van der Waals surface area contributed by atoms with Crippen LogP contribution in [0.25, 0.3) is 11.4 Å². The minimum Gasteiger partial charge on any atom is -0.293 e. The van der Waals surface area contributed by atoms with Crippen LogP contribution in [0.5, 0.6) is 0 Å². The largest absolute Gasteiger partial charge is 0.293 e. The van der Waals surface area contributed by atoms with Crippen LogP contribution in [0.15, 0.2) is 41.8 Å². The predicted octanol–water partition coefficient (Wildman–Crippen LogP) is 4.59. The van der Waals surface area contributed by atoms with Gasteiger partial charge in [0.25, 0.3) is 0 Å². The first-order chi connectivity index (χ1) is 9.66. The molecule has 2 aromatic heterocycles. The molecular weight excluding hydrogens is 286 g/mol. The lowest BCUT2D eigenvalue weighted by Gasteiger charge is -2.15. The Bertz CT molecular complexity index is 768. The number of rotatable bonds is 3. The van der Waals surface area contributed by atoms with Gasteiger partial charge in [0, 0.05) is 15.8 Å². The molecule has 1 aromatic carbocycles. The molecule has 3 nitrogen and oxygen atoms in total. The van der Waals surface area contributed by atoms with Crippen LogP contribution in [0.1, 0.15) is 23.4 Å². The molecule has 0 spiro atoms. The second-order valence-electron chi connectivity index (χ2n) is 4.76. The van der Waals surface area contributed by atoms with Gasteiger partial charge in [-0.25, -0.2) is 0 Å². The maximum Gasteiger partial charge on any atom is 0.196 e. The van der Waals surface area contributed by atoms with Crippen LogP contribution in [0.3, 0.4) is 0 Å². The molecular formula is C15H15N3S2. The predicted molar refractivity (Wildman–Crippen MR) is 85.7 cm³/mol. The van der Waals surface area contributed by atoms with E-state index in [1.165, 1.54) is 10.4 Å². The van der Waals surface area contributed by atoms with Crippen molar-refractivity contribution in [1.29, 1.82) is 0 Å². The molecule has 20 heavy (non-hydrogen) atoms. The Morgan fingerprint density at radius 1 is 1.30 bits per heavy atom. The standard InChI is InChI=1S/C15H15N3S2/c1-10-8-13(9-20-10)14-16-17-15(19)18(14)11(2)12-6-4-3-5-7-12/h3-9,11H,1-2H3,(H,17,19)/t11-/m0/s1. The molecule has 0 radical (unpaired) electrons. The van der Waals surface area contributed by atoms with Crippen LogP contribution in [0.2, 0.25) is 0 Å². The van der Waals surface area contributed by atoms with E-state index in [2.05, 4.69) is 52.2 Å². The Morgan fingerprint density at radius 3 is 2.70 bits per heavy atom. The summed E-state index contributed by atoms with van der Waals surface area (Å²) < 4.78 is 2.73. The lowest BCUT2D eigenvalue weighted by atomic mass is 10.1. The van der Waals surface area contributed by atoms with Gasteiger partial charge in [-0.2, -0.15) is 5.10 Å². The van der Waals surface area contributed by atoms with E-state index in [1.54, 1.807) is 11.3 Å². The molecule has 0 unspecified atom stereocenters. The van der Waals surface area contributed by atoms with Crippen LogP contribution in [0.4, 0.5) is 0 Å². The summed E-state index contributed by atoms with van der Waals surface area (Å²) in [6.07, 6.45) is 0. The monoisotopic (exact) mass is 301 g/mol. The molecule has 3 aromatic rings. The third-order valence-corrected chi connectivity index (χ3v) is 4.51. The lowest BCUT2D eigenvalue weighted by molar-refractivity contribution is 0.635. The zero-order valence-electron chi connectivity index (χ0n) is 11.3. The summed E-state index contributed by atoms with van der Waals surface area (Å²) in [5.74, 6) is 0.899. The van der Waals surface area contributed by atoms with Crippen molar-refractivity contribution >= 4 is 23.6 Å². The number of aromatic amines is 1. The molecule has 2 heterocycles. The lowest BCUT2D eigenvalue weighted by Crippen LogP contribution is -2.08. The highest BCUT2D eigenvalue weighted by molar-refractivity contribution is 7.71. The molecule has 0 amide bonds. The van der Waals surface area contributed by atoms with Gasteiger partial charge in [0.05, 0.1) is 6.04 Å². The van der Waals surface area contributed by atoms with E-state index in [9.17, 15) is 0 Å². The van der Waals surface area contributed by atoms with Crippen molar-refractivity contribution in [2.24, 2.45) is 0 Å². The zero-order chi connectivity index (χ0) is 14.1. The van der Waals surface area contributed by atoms with E-state index in [0.29, 0.717) is 4.77 Å². The summed E-state index contributed by atoms with van der Waals surface area (Å²) in [6, 6.07) is 12.6. The minimum atomic E-state index is 0.151. The summed E-state index contributed by atoms with van der Waals surface area (Å²) in [5.41, 5.74) is 2.33. The van der Waals surface area contributed by atoms with Crippen molar-refractivity contribution in [3.63, 3.8) is 0 Å². The van der Waals surface area contributed by atoms with E-state index in [1.807, 2.05) is 18.2 Å². The number of aryl methyl sites for hydroxylation is 1. The van der Waals surface area contributed by atoms with E-state index < -0.39 is 0 Å².